The molecule has 11 heteroatoms. The average molecular weight is 423 g/mol. The first kappa shape index (κ1) is 19.8. The monoisotopic (exact) mass is 422 g/mol. The summed E-state index contributed by atoms with van der Waals surface area (Å²) < 4.78 is 31.3. The highest BCUT2D eigenvalue weighted by molar-refractivity contribution is 7.90. The quantitative estimate of drug-likeness (QED) is 0.700. The molecule has 0 spiro atoms. The van der Waals surface area contributed by atoms with Gasteiger partial charge in [0.05, 0.1) is 9.92 Å². The first-order valence-electron chi connectivity index (χ1n) is 8.04. The largest absolute Gasteiger partial charge is 0.454 e. The molecule has 3 rings (SSSR count). The van der Waals surface area contributed by atoms with Crippen molar-refractivity contribution in [3.63, 3.8) is 0 Å². The zero-order valence-electron chi connectivity index (χ0n) is 14.5. The Bertz CT molecular complexity index is 1050. The molecule has 2 N–H and O–H groups in total. The number of anilines is 1. The number of sulfonamides is 1. The Morgan fingerprint density at radius 3 is 2.75 bits per heavy atom. The number of aromatic nitrogens is 1. The number of rotatable bonds is 5. The predicted molar refractivity (Wildman–Crippen MR) is 102 cm³/mol. The summed E-state index contributed by atoms with van der Waals surface area (Å²) in [7, 11) is -3.70. The van der Waals surface area contributed by atoms with Crippen LogP contribution >= 0.6 is 11.6 Å². The van der Waals surface area contributed by atoms with Crippen LogP contribution in [0.5, 0.6) is 0 Å². The standard InChI is InChI=1S/C17H15ClN4O5S/c1-10(20-16-12-4-2-3-5-13(12)28(25,26)22-16)17(24)27-9-15(23)21-14-7-6-11(18)8-19-14/h2-8,10H,9H2,1H3,(H,20,22)(H,19,21,23). The molecule has 1 aromatic carbocycles. The van der Waals surface area contributed by atoms with Crippen LogP contribution in [0.15, 0.2) is 52.5 Å². The van der Waals surface area contributed by atoms with Gasteiger partial charge in [-0.25, -0.2) is 18.2 Å². The molecule has 1 aliphatic rings. The van der Waals surface area contributed by atoms with E-state index in [2.05, 4.69) is 20.0 Å². The topological polar surface area (TPSA) is 127 Å². The van der Waals surface area contributed by atoms with Gasteiger partial charge in [-0.15, -0.1) is 0 Å². The normalized spacial score (nSPS) is 16.7. The maximum absolute atomic E-state index is 12.1. The van der Waals surface area contributed by atoms with Crippen molar-refractivity contribution in [3.8, 4) is 0 Å². The fourth-order valence-electron chi connectivity index (χ4n) is 2.36. The number of nitrogens with zero attached hydrogens (tertiary/aromatic N) is 2. The fraction of sp³-hybridized carbons (Fsp3) is 0.176. The van der Waals surface area contributed by atoms with Crippen molar-refractivity contribution < 1.29 is 22.7 Å². The van der Waals surface area contributed by atoms with Crippen LogP contribution in [0.3, 0.4) is 0 Å². The lowest BCUT2D eigenvalue weighted by atomic mass is 10.2. The number of aliphatic imine (C=N–C) groups is 1. The summed E-state index contributed by atoms with van der Waals surface area (Å²) in [5.41, 5.74) is 0.369. The molecule has 9 nitrogen and oxygen atoms in total. The highest BCUT2D eigenvalue weighted by Crippen LogP contribution is 2.22. The van der Waals surface area contributed by atoms with Gasteiger partial charge in [-0.3, -0.25) is 14.5 Å². The van der Waals surface area contributed by atoms with Gasteiger partial charge in [0, 0.05) is 11.8 Å². The summed E-state index contributed by atoms with van der Waals surface area (Å²) in [6, 6.07) is 8.30. The van der Waals surface area contributed by atoms with Crippen molar-refractivity contribution in [1.29, 1.82) is 0 Å². The zero-order valence-corrected chi connectivity index (χ0v) is 16.1. The molecule has 1 atom stereocenters. The van der Waals surface area contributed by atoms with Gasteiger partial charge >= 0.3 is 5.97 Å². The first-order chi connectivity index (χ1) is 13.3. The molecule has 1 amide bonds. The van der Waals surface area contributed by atoms with E-state index in [0.29, 0.717) is 10.6 Å². The van der Waals surface area contributed by atoms with Crippen molar-refractivity contribution in [2.75, 3.05) is 11.9 Å². The van der Waals surface area contributed by atoms with E-state index in [1.54, 1.807) is 24.3 Å². The number of esters is 1. The van der Waals surface area contributed by atoms with Gasteiger partial charge in [0.2, 0.25) is 0 Å². The Morgan fingerprint density at radius 1 is 1.29 bits per heavy atom. The molecule has 0 aliphatic carbocycles. The number of nitrogens with one attached hydrogen (secondary N) is 2. The third-order valence-corrected chi connectivity index (χ3v) is 5.29. The van der Waals surface area contributed by atoms with Crippen molar-refractivity contribution in [2.45, 2.75) is 17.9 Å². The number of benzene rings is 1. The van der Waals surface area contributed by atoms with Gasteiger partial charge in [0.1, 0.15) is 17.7 Å². The Labute approximate surface area is 165 Å². The lowest BCUT2D eigenvalue weighted by molar-refractivity contribution is -0.148. The molecular formula is C17H15ClN4O5S. The van der Waals surface area contributed by atoms with Gasteiger partial charge in [0.25, 0.3) is 15.9 Å². The highest BCUT2D eigenvalue weighted by Gasteiger charge is 2.31. The Morgan fingerprint density at radius 2 is 2.04 bits per heavy atom. The predicted octanol–water partition coefficient (Wildman–Crippen LogP) is 1.34. The van der Waals surface area contributed by atoms with E-state index in [0.717, 1.165) is 0 Å². The summed E-state index contributed by atoms with van der Waals surface area (Å²) in [5.74, 6) is -1.06. The van der Waals surface area contributed by atoms with Crippen LogP contribution in [0.4, 0.5) is 5.82 Å². The van der Waals surface area contributed by atoms with E-state index < -0.39 is 34.5 Å². The fourth-order valence-corrected chi connectivity index (χ4v) is 3.71. The zero-order chi connectivity index (χ0) is 20.3. The Balaban J connectivity index is 1.60. The van der Waals surface area contributed by atoms with Crippen molar-refractivity contribution in [1.82, 2.24) is 9.71 Å². The van der Waals surface area contributed by atoms with Crippen LogP contribution in [0, 0.1) is 0 Å². The number of pyridine rings is 1. The van der Waals surface area contributed by atoms with Gasteiger partial charge in [-0.1, -0.05) is 23.7 Å². The second-order valence-electron chi connectivity index (χ2n) is 5.77. The van der Waals surface area contributed by atoms with Crippen LogP contribution in [0.2, 0.25) is 5.02 Å². The second-order valence-corrected chi connectivity index (χ2v) is 7.86. The Kier molecular flexibility index (Phi) is 5.61. The maximum atomic E-state index is 12.1. The van der Waals surface area contributed by atoms with Crippen LogP contribution in [-0.4, -0.2) is 43.8 Å². The first-order valence-corrected chi connectivity index (χ1v) is 9.90. The number of ether oxygens (including phenoxy) is 1. The number of carbonyl (C=O) groups is 2. The molecular weight excluding hydrogens is 408 g/mol. The van der Waals surface area contributed by atoms with E-state index in [1.807, 2.05) is 0 Å². The summed E-state index contributed by atoms with van der Waals surface area (Å²) in [4.78, 5) is 32.0. The minimum atomic E-state index is -3.70. The molecule has 2 heterocycles. The summed E-state index contributed by atoms with van der Waals surface area (Å²) in [6.45, 7) is 0.893. The number of amidine groups is 1. The van der Waals surface area contributed by atoms with E-state index in [4.69, 9.17) is 16.3 Å². The van der Waals surface area contributed by atoms with E-state index >= 15 is 0 Å². The molecule has 0 bridgehead atoms. The molecule has 0 radical (unpaired) electrons. The summed E-state index contributed by atoms with van der Waals surface area (Å²) in [6.07, 6.45) is 1.36. The number of carbonyl (C=O) groups excluding carboxylic acids is 2. The molecule has 1 aliphatic heterocycles. The third kappa shape index (κ3) is 4.46. The number of hydrogen-bond acceptors (Lipinski definition) is 7. The molecule has 1 unspecified atom stereocenters. The van der Waals surface area contributed by atoms with Crippen molar-refractivity contribution in [3.05, 3.63) is 53.2 Å². The molecule has 1 aromatic heterocycles. The molecule has 2 aromatic rings. The number of halogens is 1. The van der Waals surface area contributed by atoms with E-state index in [1.165, 1.54) is 25.3 Å². The highest BCUT2D eigenvalue weighted by atomic mass is 35.5. The average Bonchev–Trinajstić information content (AvgIpc) is 2.92. The van der Waals surface area contributed by atoms with Crippen LogP contribution < -0.4 is 10.0 Å². The molecule has 28 heavy (non-hydrogen) atoms. The van der Waals surface area contributed by atoms with E-state index in [-0.39, 0.29) is 16.5 Å². The smallest absolute Gasteiger partial charge is 0.331 e. The molecule has 0 fully saturated rings. The minimum absolute atomic E-state index is 0.0508. The van der Waals surface area contributed by atoms with Crippen LogP contribution in [0.25, 0.3) is 0 Å². The number of fused-ring (bicyclic) bond motifs is 1. The van der Waals surface area contributed by atoms with Crippen molar-refractivity contribution >= 4 is 45.2 Å². The van der Waals surface area contributed by atoms with Gasteiger partial charge in [0.15, 0.2) is 6.61 Å². The van der Waals surface area contributed by atoms with Gasteiger partial charge < -0.3 is 10.1 Å². The van der Waals surface area contributed by atoms with Crippen LogP contribution in [-0.2, 0) is 24.3 Å². The van der Waals surface area contributed by atoms with Crippen LogP contribution in [0.1, 0.15) is 12.5 Å². The maximum Gasteiger partial charge on any atom is 0.331 e. The van der Waals surface area contributed by atoms with Gasteiger partial charge in [-0.2, -0.15) is 0 Å². The number of amides is 1. The molecule has 0 saturated carbocycles. The van der Waals surface area contributed by atoms with E-state index in [9.17, 15) is 18.0 Å². The lowest BCUT2D eigenvalue weighted by Gasteiger charge is -2.09. The summed E-state index contributed by atoms with van der Waals surface area (Å²) in [5, 5.41) is 2.86. The molecule has 146 valence electrons. The Hall–Kier alpha value is -2.98. The van der Waals surface area contributed by atoms with Gasteiger partial charge in [-0.05, 0) is 31.2 Å². The number of hydrogen-bond donors (Lipinski definition) is 2. The minimum Gasteiger partial charge on any atom is -0.454 e. The molecule has 0 saturated heterocycles. The summed E-state index contributed by atoms with van der Waals surface area (Å²) >= 11 is 5.71. The SMILES string of the molecule is CC(N=C1NS(=O)(=O)c2ccccc21)C(=O)OCC(=O)Nc1ccc(Cl)cn1. The lowest BCUT2D eigenvalue weighted by Crippen LogP contribution is -2.29. The second kappa shape index (κ2) is 7.95. The van der Waals surface area contributed by atoms with Crippen molar-refractivity contribution in [2.24, 2.45) is 4.99 Å². The third-order valence-electron chi connectivity index (χ3n) is 3.67.